The molecule has 0 aliphatic carbocycles. The zero-order valence-electron chi connectivity index (χ0n) is 13.2. The average molecular weight is 305 g/mol. The molecule has 3 N–H and O–H groups in total. The van der Waals surface area contributed by atoms with Crippen LogP contribution in [0.2, 0.25) is 0 Å². The van der Waals surface area contributed by atoms with Crippen molar-refractivity contribution in [3.05, 3.63) is 18.2 Å². The average Bonchev–Trinajstić information content (AvgIpc) is 2.47. The van der Waals surface area contributed by atoms with Gasteiger partial charge in [-0.05, 0) is 44.5 Å². The quantitative estimate of drug-likeness (QED) is 0.794. The van der Waals surface area contributed by atoms with Gasteiger partial charge >= 0.3 is 0 Å². The molecule has 0 spiro atoms. The molecular weight excluding hydrogens is 282 g/mol. The zero-order chi connectivity index (χ0) is 16.1. The SMILES string of the molecule is COc1ccc(NC(C)=O)cc1NC(=O)[C@H]1CCN[C@@H](C)C1. The molecule has 1 aliphatic rings. The lowest BCUT2D eigenvalue weighted by Gasteiger charge is -2.27. The summed E-state index contributed by atoms with van der Waals surface area (Å²) in [7, 11) is 1.55. The Morgan fingerprint density at radius 3 is 2.73 bits per heavy atom. The fourth-order valence-electron chi connectivity index (χ4n) is 2.69. The first-order valence-electron chi connectivity index (χ1n) is 7.49. The van der Waals surface area contributed by atoms with Crippen LogP contribution < -0.4 is 20.7 Å². The molecule has 0 aromatic heterocycles. The molecule has 22 heavy (non-hydrogen) atoms. The van der Waals surface area contributed by atoms with Crippen LogP contribution in [-0.2, 0) is 9.59 Å². The molecule has 2 rings (SSSR count). The smallest absolute Gasteiger partial charge is 0.227 e. The van der Waals surface area contributed by atoms with Crippen LogP contribution in [0.15, 0.2) is 18.2 Å². The topological polar surface area (TPSA) is 79.5 Å². The van der Waals surface area contributed by atoms with Gasteiger partial charge in [-0.2, -0.15) is 0 Å². The first-order chi connectivity index (χ1) is 10.5. The van der Waals surface area contributed by atoms with Gasteiger partial charge in [0.2, 0.25) is 11.8 Å². The van der Waals surface area contributed by atoms with Crippen molar-refractivity contribution in [2.24, 2.45) is 5.92 Å². The number of methoxy groups -OCH3 is 1. The summed E-state index contributed by atoms with van der Waals surface area (Å²) in [6.07, 6.45) is 1.64. The summed E-state index contributed by atoms with van der Waals surface area (Å²) in [5, 5.41) is 8.95. The number of benzene rings is 1. The molecule has 0 saturated carbocycles. The van der Waals surface area contributed by atoms with E-state index in [1.807, 2.05) is 0 Å². The molecule has 1 fully saturated rings. The standard InChI is InChI=1S/C16H23N3O3/c1-10-8-12(6-7-17-10)16(21)19-14-9-13(18-11(2)20)4-5-15(14)22-3/h4-5,9-10,12,17H,6-8H2,1-3H3,(H,18,20)(H,19,21)/t10-,12-/m0/s1. The summed E-state index contributed by atoms with van der Waals surface area (Å²) in [5.41, 5.74) is 1.20. The molecule has 1 heterocycles. The molecule has 6 heteroatoms. The van der Waals surface area contributed by atoms with Gasteiger partial charge in [-0.3, -0.25) is 9.59 Å². The Morgan fingerprint density at radius 2 is 2.09 bits per heavy atom. The monoisotopic (exact) mass is 305 g/mol. The summed E-state index contributed by atoms with van der Waals surface area (Å²) in [6, 6.07) is 5.52. The van der Waals surface area contributed by atoms with E-state index in [1.165, 1.54) is 6.92 Å². The lowest BCUT2D eigenvalue weighted by Crippen LogP contribution is -2.40. The van der Waals surface area contributed by atoms with E-state index in [0.717, 1.165) is 19.4 Å². The van der Waals surface area contributed by atoms with Crippen LogP contribution in [0.4, 0.5) is 11.4 Å². The number of ether oxygens (including phenoxy) is 1. The number of anilines is 2. The Hall–Kier alpha value is -2.08. The predicted octanol–water partition coefficient (Wildman–Crippen LogP) is 1.98. The van der Waals surface area contributed by atoms with Crippen LogP contribution in [0.3, 0.4) is 0 Å². The van der Waals surface area contributed by atoms with E-state index < -0.39 is 0 Å². The van der Waals surface area contributed by atoms with E-state index in [-0.39, 0.29) is 17.7 Å². The van der Waals surface area contributed by atoms with Crippen LogP contribution in [-0.4, -0.2) is 31.5 Å². The van der Waals surface area contributed by atoms with Gasteiger partial charge in [0.15, 0.2) is 0 Å². The van der Waals surface area contributed by atoms with E-state index in [9.17, 15) is 9.59 Å². The summed E-state index contributed by atoms with van der Waals surface area (Å²) < 4.78 is 5.27. The van der Waals surface area contributed by atoms with Gasteiger partial charge in [-0.1, -0.05) is 0 Å². The van der Waals surface area contributed by atoms with Crippen molar-refractivity contribution in [1.29, 1.82) is 0 Å². The van der Waals surface area contributed by atoms with E-state index in [4.69, 9.17) is 4.74 Å². The lowest BCUT2D eigenvalue weighted by atomic mass is 9.92. The fourth-order valence-corrected chi connectivity index (χ4v) is 2.69. The molecule has 0 unspecified atom stereocenters. The van der Waals surface area contributed by atoms with Crippen LogP contribution in [0.5, 0.6) is 5.75 Å². The van der Waals surface area contributed by atoms with Gasteiger partial charge in [0.25, 0.3) is 0 Å². The van der Waals surface area contributed by atoms with Crippen molar-refractivity contribution in [2.75, 3.05) is 24.3 Å². The second kappa shape index (κ2) is 7.26. The van der Waals surface area contributed by atoms with Gasteiger partial charge in [-0.15, -0.1) is 0 Å². The number of hydrogen-bond acceptors (Lipinski definition) is 4. The predicted molar refractivity (Wildman–Crippen MR) is 86.1 cm³/mol. The summed E-state index contributed by atoms with van der Waals surface area (Å²) in [4.78, 5) is 23.6. The van der Waals surface area contributed by atoms with Crippen molar-refractivity contribution in [2.45, 2.75) is 32.7 Å². The number of piperidine rings is 1. The van der Waals surface area contributed by atoms with E-state index >= 15 is 0 Å². The third kappa shape index (κ3) is 4.21. The van der Waals surface area contributed by atoms with Crippen molar-refractivity contribution < 1.29 is 14.3 Å². The van der Waals surface area contributed by atoms with Gasteiger partial charge < -0.3 is 20.7 Å². The first-order valence-corrected chi connectivity index (χ1v) is 7.49. The van der Waals surface area contributed by atoms with Crippen LogP contribution in [0.1, 0.15) is 26.7 Å². The van der Waals surface area contributed by atoms with E-state index in [0.29, 0.717) is 23.2 Å². The molecule has 6 nitrogen and oxygen atoms in total. The van der Waals surface area contributed by atoms with Crippen LogP contribution in [0.25, 0.3) is 0 Å². The molecule has 1 aromatic rings. The normalized spacial score (nSPS) is 21.0. The molecule has 0 radical (unpaired) electrons. The number of carbonyl (C=O) groups is 2. The third-order valence-corrected chi connectivity index (χ3v) is 3.77. The summed E-state index contributed by atoms with van der Waals surface area (Å²) >= 11 is 0. The summed E-state index contributed by atoms with van der Waals surface area (Å²) in [6.45, 7) is 4.37. The maximum absolute atomic E-state index is 12.4. The van der Waals surface area contributed by atoms with Crippen LogP contribution in [0, 0.1) is 5.92 Å². The highest BCUT2D eigenvalue weighted by atomic mass is 16.5. The Bertz CT molecular complexity index is 560. The maximum atomic E-state index is 12.4. The van der Waals surface area contributed by atoms with Crippen molar-refractivity contribution in [1.82, 2.24) is 5.32 Å². The fraction of sp³-hybridized carbons (Fsp3) is 0.500. The van der Waals surface area contributed by atoms with Gasteiger partial charge in [0, 0.05) is 24.6 Å². The minimum Gasteiger partial charge on any atom is -0.495 e. The van der Waals surface area contributed by atoms with Gasteiger partial charge in [-0.25, -0.2) is 0 Å². The number of rotatable bonds is 4. The van der Waals surface area contributed by atoms with Crippen molar-refractivity contribution in [3.63, 3.8) is 0 Å². The molecule has 2 atom stereocenters. The molecule has 1 aromatic carbocycles. The Kier molecular flexibility index (Phi) is 5.38. The van der Waals surface area contributed by atoms with E-state index in [2.05, 4.69) is 22.9 Å². The highest BCUT2D eigenvalue weighted by Gasteiger charge is 2.25. The molecule has 1 aliphatic heterocycles. The lowest BCUT2D eigenvalue weighted by molar-refractivity contribution is -0.121. The summed E-state index contributed by atoms with van der Waals surface area (Å²) in [5.74, 6) is 0.399. The third-order valence-electron chi connectivity index (χ3n) is 3.77. The molecule has 120 valence electrons. The van der Waals surface area contributed by atoms with Crippen molar-refractivity contribution >= 4 is 23.2 Å². The molecule has 2 amide bonds. The Balaban J connectivity index is 2.12. The molecule has 0 bridgehead atoms. The molecule has 1 saturated heterocycles. The number of amides is 2. The Labute approximate surface area is 130 Å². The molecular formula is C16H23N3O3. The van der Waals surface area contributed by atoms with E-state index in [1.54, 1.807) is 25.3 Å². The zero-order valence-corrected chi connectivity index (χ0v) is 13.2. The number of hydrogen-bond donors (Lipinski definition) is 3. The van der Waals surface area contributed by atoms with Gasteiger partial charge in [0.1, 0.15) is 5.75 Å². The second-order valence-corrected chi connectivity index (χ2v) is 5.66. The minimum absolute atomic E-state index is 0.00775. The maximum Gasteiger partial charge on any atom is 0.227 e. The minimum atomic E-state index is -0.158. The highest BCUT2D eigenvalue weighted by Crippen LogP contribution is 2.29. The number of nitrogens with one attached hydrogen (secondary N) is 3. The van der Waals surface area contributed by atoms with Gasteiger partial charge in [0.05, 0.1) is 12.8 Å². The van der Waals surface area contributed by atoms with Crippen molar-refractivity contribution in [3.8, 4) is 5.75 Å². The largest absolute Gasteiger partial charge is 0.495 e. The van der Waals surface area contributed by atoms with Crippen LogP contribution >= 0.6 is 0 Å². The number of carbonyl (C=O) groups excluding carboxylic acids is 2. The highest BCUT2D eigenvalue weighted by molar-refractivity contribution is 5.96. The second-order valence-electron chi connectivity index (χ2n) is 5.66. The Morgan fingerprint density at radius 1 is 1.32 bits per heavy atom. The first kappa shape index (κ1) is 16.3.